The number of rotatable bonds is 20. The molecular weight excluding hydrogens is 1880 g/mol. The van der Waals surface area contributed by atoms with Crippen LogP contribution in [0.25, 0.3) is 39.0 Å². The SMILES string of the molecule is C=CCCBr.C=CCCCCCCN1c2cc(Br)sc2-c2sc(Br)cc2S1(=O)=O.C[Si](C)(C)O[Si](C)(C)CCCCCCCCN1c2cc(Br)sc2-c2sc(Br)cc2S1(=O)=O.O=S1(=O)Nc2cc(Br)sc2-c2sc(Br)cc21.O=S1(=O)Nc2ccsc2-c2sccc21. The Balaban J connectivity index is 0.000000159. The molecule has 13 nitrogen and oxygen atoms in total. The van der Waals surface area contributed by atoms with Gasteiger partial charge in [-0.3, -0.25) is 18.1 Å². The lowest BCUT2D eigenvalue weighted by molar-refractivity contribution is 0.535. The van der Waals surface area contributed by atoms with Crippen molar-refractivity contribution in [1.82, 2.24) is 0 Å². The summed E-state index contributed by atoms with van der Waals surface area (Å²) < 4.78 is 120. The molecule has 12 heterocycles. The number of thiophene rings is 8. The molecule has 8 aromatic heterocycles. The zero-order valence-corrected chi connectivity index (χ0v) is 72.7. The molecule has 0 fully saturated rings. The van der Waals surface area contributed by atoms with E-state index >= 15 is 0 Å². The molecule has 0 unspecified atom stereocenters. The average molecular weight is 1950 g/mol. The summed E-state index contributed by atoms with van der Waals surface area (Å²) in [4.78, 5) is 9.03. The highest BCUT2D eigenvalue weighted by Crippen LogP contribution is 2.56. The molecule has 4 aliphatic rings. The van der Waals surface area contributed by atoms with Crippen LogP contribution in [0.2, 0.25) is 38.8 Å². The van der Waals surface area contributed by atoms with Crippen molar-refractivity contribution in [1.29, 1.82) is 0 Å². The summed E-state index contributed by atoms with van der Waals surface area (Å²) in [5.74, 6) is 0. The van der Waals surface area contributed by atoms with E-state index in [-0.39, 0.29) is 0 Å². The minimum Gasteiger partial charge on any atom is -0.456 e. The van der Waals surface area contributed by atoms with Gasteiger partial charge in [-0.25, -0.2) is 33.7 Å². The highest BCUT2D eigenvalue weighted by atomic mass is 79.9. The molecule has 0 radical (unpaired) electrons. The Morgan fingerprint density at radius 3 is 1.37 bits per heavy atom. The summed E-state index contributed by atoms with van der Waals surface area (Å²) >= 11 is 36.0. The van der Waals surface area contributed by atoms with Crippen LogP contribution < -0.4 is 18.1 Å². The van der Waals surface area contributed by atoms with Crippen molar-refractivity contribution in [3.05, 3.63) is 107 Å². The molecule has 91 heavy (non-hydrogen) atoms. The normalized spacial score (nSPS) is 15.4. The van der Waals surface area contributed by atoms with E-state index in [2.05, 4.69) is 167 Å². The number of anilines is 4. The first-order chi connectivity index (χ1) is 42.8. The van der Waals surface area contributed by atoms with Crippen LogP contribution in [0, 0.1) is 0 Å². The van der Waals surface area contributed by atoms with Crippen LogP contribution in [-0.4, -0.2) is 68.7 Å². The first kappa shape index (κ1) is 76.6. The molecule has 0 atom stereocenters. The minimum atomic E-state index is -3.50. The van der Waals surface area contributed by atoms with Crippen LogP contribution >= 0.6 is 202 Å². The topological polar surface area (TPSA) is 176 Å². The molecule has 0 aliphatic carbocycles. The fraction of sp³-hybridized carbons (Fsp3) is 0.368. The Kier molecular flexibility index (Phi) is 27.7. The highest BCUT2D eigenvalue weighted by Gasteiger charge is 2.40. The van der Waals surface area contributed by atoms with Crippen molar-refractivity contribution in [3.8, 4) is 39.0 Å². The van der Waals surface area contributed by atoms with Crippen molar-refractivity contribution in [2.75, 3.05) is 36.5 Å². The predicted octanol–water partition coefficient (Wildman–Crippen LogP) is 24.2. The third-order valence-corrected chi connectivity index (χ3v) is 39.7. The van der Waals surface area contributed by atoms with E-state index < -0.39 is 56.7 Å². The highest BCUT2D eigenvalue weighted by molar-refractivity contribution is 9.12. The molecule has 0 spiro atoms. The number of unbranched alkanes of at least 4 members (excludes halogenated alkanes) is 9. The fourth-order valence-electron chi connectivity index (χ4n) is 10.1. The van der Waals surface area contributed by atoms with Crippen LogP contribution in [0.1, 0.15) is 77.0 Å². The second-order valence-electron chi connectivity index (χ2n) is 22.3. The molecule has 0 bridgehead atoms. The minimum absolute atomic E-state index is 0.353. The van der Waals surface area contributed by atoms with Crippen molar-refractivity contribution in [2.45, 2.75) is 135 Å². The first-order valence-corrected chi connectivity index (χ1v) is 53.2. The monoisotopic (exact) mass is 1940 g/mol. The summed E-state index contributed by atoms with van der Waals surface area (Å²) in [7, 11) is -16.7. The van der Waals surface area contributed by atoms with Crippen molar-refractivity contribution in [3.63, 3.8) is 0 Å². The van der Waals surface area contributed by atoms with Gasteiger partial charge in [0.15, 0.2) is 16.6 Å². The average Bonchev–Trinajstić information content (AvgIpc) is 1.62. The largest absolute Gasteiger partial charge is 0.456 e. The molecule has 0 saturated carbocycles. The maximum atomic E-state index is 13.3. The van der Waals surface area contributed by atoms with Gasteiger partial charge < -0.3 is 4.12 Å². The van der Waals surface area contributed by atoms with Crippen LogP contribution in [0.15, 0.2) is 127 Å². The third-order valence-electron chi connectivity index (χ3n) is 13.7. The smallest absolute Gasteiger partial charge is 0.265 e. The van der Waals surface area contributed by atoms with Gasteiger partial charge in [0.2, 0.25) is 0 Å². The predicted molar refractivity (Wildman–Crippen MR) is 424 cm³/mol. The molecule has 496 valence electrons. The Morgan fingerprint density at radius 2 is 0.868 bits per heavy atom. The van der Waals surface area contributed by atoms with E-state index in [0.717, 1.165) is 136 Å². The van der Waals surface area contributed by atoms with E-state index in [9.17, 15) is 33.7 Å². The summed E-state index contributed by atoms with van der Waals surface area (Å²) in [6.45, 7) is 19.8. The van der Waals surface area contributed by atoms with Gasteiger partial charge in [0.1, 0.15) is 19.6 Å². The number of fused-ring (bicyclic) bond motifs is 12. The van der Waals surface area contributed by atoms with Gasteiger partial charge in [-0.05, 0) is 226 Å². The second kappa shape index (κ2) is 32.9. The zero-order chi connectivity index (χ0) is 66.4. The van der Waals surface area contributed by atoms with Gasteiger partial charge in [0, 0.05) is 18.4 Å². The summed E-state index contributed by atoms with van der Waals surface area (Å²) in [5.41, 5.74) is 2.97. The van der Waals surface area contributed by atoms with Gasteiger partial charge >= 0.3 is 0 Å². The Labute approximate surface area is 629 Å². The number of hydrogen-bond donors (Lipinski definition) is 2. The quantitative estimate of drug-likeness (QED) is 0.0325. The molecular formula is C57H65Br7N4O9S12Si2. The molecule has 2 N–H and O–H groups in total. The number of nitrogens with one attached hydrogen (secondary N) is 2. The first-order valence-electron chi connectivity index (χ1n) is 28.3. The molecule has 4 aliphatic heterocycles. The van der Waals surface area contributed by atoms with E-state index in [0.29, 0.717) is 44.0 Å². The van der Waals surface area contributed by atoms with E-state index in [4.69, 9.17) is 4.12 Å². The summed E-state index contributed by atoms with van der Waals surface area (Å²) in [6.07, 6.45) is 16.8. The zero-order valence-electron chi connectivity index (χ0n) is 49.8. The molecule has 8 aromatic rings. The third kappa shape index (κ3) is 19.2. The lowest BCUT2D eigenvalue weighted by Crippen LogP contribution is -2.42. The molecule has 0 saturated heterocycles. The van der Waals surface area contributed by atoms with Crippen LogP contribution in [0.3, 0.4) is 0 Å². The maximum absolute atomic E-state index is 13.3. The summed E-state index contributed by atoms with van der Waals surface area (Å²) in [6, 6.07) is 15.4. The molecule has 12 rings (SSSR count). The number of sulfonamides is 4. The van der Waals surface area contributed by atoms with Gasteiger partial charge in [-0.2, -0.15) is 0 Å². The van der Waals surface area contributed by atoms with Gasteiger partial charge in [-0.15, -0.1) is 104 Å². The van der Waals surface area contributed by atoms with Gasteiger partial charge in [-0.1, -0.05) is 73.0 Å². The second-order valence-corrected chi connectivity index (χ2v) is 55.5. The van der Waals surface area contributed by atoms with Crippen LogP contribution in [0.4, 0.5) is 22.7 Å². The molecule has 0 aromatic carbocycles. The Morgan fingerprint density at radius 1 is 0.462 bits per heavy atom. The van der Waals surface area contributed by atoms with Crippen LogP contribution in [-0.2, 0) is 44.2 Å². The number of allylic oxidation sites excluding steroid dienone is 2. The van der Waals surface area contributed by atoms with E-state index in [1.807, 2.05) is 29.7 Å². The van der Waals surface area contributed by atoms with Gasteiger partial charge in [0.25, 0.3) is 40.1 Å². The maximum Gasteiger partial charge on any atom is 0.265 e. The lowest BCUT2D eigenvalue weighted by atomic mass is 10.1. The molecule has 0 amide bonds. The van der Waals surface area contributed by atoms with E-state index in [1.165, 1.54) is 82.0 Å². The Hall–Kier alpha value is -0.166. The number of halogens is 7. The fourth-order valence-corrected chi connectivity index (χ4v) is 38.7. The van der Waals surface area contributed by atoms with Crippen LogP contribution in [0.5, 0.6) is 0 Å². The standard InChI is InChI=1S/C21H33Br2NO3S3Si2.C16H17Br2NO2S3.C8H3Br2NO2S3.C8H5NO2S3.C4H7Br/c1-31(2,3)27-32(4,5)13-11-9-7-6-8-10-12-24-16-14-18(22)28-20(16)21-17(30(24,25)26)15-19(23)29-21;1-2-3-4-5-6-7-8-19-11-9-13(17)22-15(11)16-12(24(19,20)21)10-14(18)23-16;9-5-1-3-7(14-5)8-4(2-6(10)15-8)16(12,13)11-3;10-14(11)6-2-4-13-8(6)7-5(9-14)1-3-12-7;1-2-3-4-5/h14-15H,6-13H2,1-5H3;2,9-10H,1,3-8H2;1-2,11H;1-4,9H;2H,1,3-4H2. The van der Waals surface area contributed by atoms with Gasteiger partial charge in [0.05, 0.1) is 84.5 Å². The molecule has 34 heteroatoms. The van der Waals surface area contributed by atoms with Crippen molar-refractivity contribution in [2.24, 2.45) is 0 Å². The lowest BCUT2D eigenvalue weighted by Gasteiger charge is -2.31. The number of nitrogens with zero attached hydrogens (tertiary/aromatic N) is 2. The number of hydrogen-bond acceptors (Lipinski definition) is 17. The number of alkyl halides is 1. The summed E-state index contributed by atoms with van der Waals surface area (Å²) in [5, 5.41) is 4.73. The van der Waals surface area contributed by atoms with E-state index in [1.54, 1.807) is 84.4 Å². The van der Waals surface area contributed by atoms with Crippen molar-refractivity contribution >= 4 is 282 Å². The Bertz CT molecular complexity index is 4350. The van der Waals surface area contributed by atoms with Crippen molar-refractivity contribution < 1.29 is 37.8 Å².